The third kappa shape index (κ3) is 2.89. The van der Waals surface area contributed by atoms with Crippen LogP contribution in [0.5, 0.6) is 0 Å². The Kier molecular flexibility index (Phi) is 3.63. The third-order valence-electron chi connectivity index (χ3n) is 1.19. The zero-order valence-corrected chi connectivity index (χ0v) is 10.5. The number of carbonyl (C=O) groups excluding carboxylic acids is 2. The summed E-state index contributed by atoms with van der Waals surface area (Å²) in [6.45, 7) is 1.30. The fraction of sp³-hybridized carbons (Fsp3) is 0.143. The van der Waals surface area contributed by atoms with Gasteiger partial charge in [0.1, 0.15) is 0 Å². The molecule has 1 aromatic heterocycles. The highest BCUT2D eigenvalue weighted by Crippen LogP contribution is 2.31. The molecule has 0 saturated heterocycles. The number of hydrogen-bond acceptors (Lipinski definition) is 3. The minimum absolute atomic E-state index is 0.362. The average Bonchev–Trinajstić information content (AvgIpc) is 2.28. The molecular weight excluding hydrogens is 322 g/mol. The van der Waals surface area contributed by atoms with Crippen LogP contribution in [-0.2, 0) is 4.79 Å². The van der Waals surface area contributed by atoms with Gasteiger partial charge in [0.25, 0.3) is 5.91 Å². The smallest absolute Gasteiger partial charge is 0.259 e. The molecule has 0 aliphatic heterocycles. The molecule has 0 atom stereocenters. The molecule has 1 rings (SSSR count). The fourth-order valence-electron chi connectivity index (χ4n) is 0.722. The number of nitrogens with one attached hydrogen (secondary N) is 1. The van der Waals surface area contributed by atoms with E-state index in [4.69, 9.17) is 0 Å². The Labute approximate surface area is 95.8 Å². The van der Waals surface area contributed by atoms with Crippen LogP contribution in [0.3, 0.4) is 0 Å². The van der Waals surface area contributed by atoms with Crippen molar-refractivity contribution >= 4 is 55.0 Å². The summed E-state index contributed by atoms with van der Waals surface area (Å²) in [5, 5.41) is 2.19. The summed E-state index contributed by atoms with van der Waals surface area (Å²) in [6.07, 6.45) is 0. The van der Waals surface area contributed by atoms with Gasteiger partial charge in [0, 0.05) is 6.92 Å². The number of carbonyl (C=O) groups is 2. The van der Waals surface area contributed by atoms with Crippen LogP contribution >= 0.6 is 43.2 Å². The molecule has 2 amide bonds. The molecule has 1 N–H and O–H groups in total. The molecule has 1 aromatic rings. The lowest BCUT2D eigenvalue weighted by Gasteiger charge is -1.97. The Morgan fingerprint density at radius 2 is 2.08 bits per heavy atom. The highest BCUT2D eigenvalue weighted by atomic mass is 79.9. The van der Waals surface area contributed by atoms with Crippen molar-refractivity contribution in [1.82, 2.24) is 5.32 Å². The molecule has 0 aliphatic carbocycles. The molecule has 13 heavy (non-hydrogen) atoms. The minimum Gasteiger partial charge on any atom is -0.293 e. The second kappa shape index (κ2) is 4.34. The third-order valence-corrected chi connectivity index (χ3v) is 3.53. The molecule has 3 nitrogen and oxygen atoms in total. The molecule has 0 radical (unpaired) electrons. The molecule has 0 saturated carbocycles. The van der Waals surface area contributed by atoms with Crippen molar-refractivity contribution in [2.24, 2.45) is 0 Å². The summed E-state index contributed by atoms with van der Waals surface area (Å²) in [4.78, 5) is 21.9. The highest BCUT2D eigenvalue weighted by Gasteiger charge is 2.14. The van der Waals surface area contributed by atoms with Gasteiger partial charge in [-0.3, -0.25) is 14.9 Å². The second-order valence-electron chi connectivity index (χ2n) is 2.25. The molecule has 6 heteroatoms. The predicted octanol–water partition coefficient (Wildman–Crippen LogP) is 2.55. The van der Waals surface area contributed by atoms with Crippen LogP contribution in [0.15, 0.2) is 13.6 Å². The first-order chi connectivity index (χ1) is 6.00. The van der Waals surface area contributed by atoms with Gasteiger partial charge in [-0.25, -0.2) is 0 Å². The summed E-state index contributed by atoms with van der Waals surface area (Å²) < 4.78 is 1.55. The van der Waals surface area contributed by atoms with Gasteiger partial charge < -0.3 is 0 Å². The van der Waals surface area contributed by atoms with E-state index in [1.54, 1.807) is 6.07 Å². The van der Waals surface area contributed by atoms with E-state index >= 15 is 0 Å². The lowest BCUT2D eigenvalue weighted by molar-refractivity contribution is -0.118. The van der Waals surface area contributed by atoms with E-state index in [1.165, 1.54) is 18.3 Å². The Hall–Kier alpha value is -0.200. The van der Waals surface area contributed by atoms with Crippen LogP contribution < -0.4 is 5.32 Å². The summed E-state index contributed by atoms with van der Waals surface area (Å²) in [5.74, 6) is -0.749. The van der Waals surface area contributed by atoms with Crippen molar-refractivity contribution < 1.29 is 9.59 Å². The molecule has 0 unspecified atom stereocenters. The van der Waals surface area contributed by atoms with Crippen molar-refractivity contribution in [3.8, 4) is 0 Å². The van der Waals surface area contributed by atoms with Gasteiger partial charge in [-0.15, -0.1) is 11.3 Å². The predicted molar refractivity (Wildman–Crippen MR) is 57.9 cm³/mol. The molecule has 0 spiro atoms. The average molecular weight is 327 g/mol. The molecule has 0 fully saturated rings. The van der Waals surface area contributed by atoms with Crippen LogP contribution in [0.2, 0.25) is 0 Å². The summed E-state index contributed by atoms with van der Waals surface area (Å²) >= 11 is 7.85. The highest BCUT2D eigenvalue weighted by molar-refractivity contribution is 9.12. The largest absolute Gasteiger partial charge is 0.293 e. The van der Waals surface area contributed by atoms with Crippen molar-refractivity contribution in [2.45, 2.75) is 6.92 Å². The number of rotatable bonds is 1. The fourth-order valence-corrected chi connectivity index (χ4v) is 3.52. The normalized spacial score (nSPS) is 9.77. The van der Waals surface area contributed by atoms with Crippen LogP contribution in [0.1, 0.15) is 17.3 Å². The number of amides is 2. The Morgan fingerprint density at radius 3 is 2.46 bits per heavy atom. The van der Waals surface area contributed by atoms with E-state index in [0.717, 1.165) is 3.79 Å². The SMILES string of the molecule is CC(=O)NC(=O)c1cc(Br)sc1Br. The maximum atomic E-state index is 11.3. The summed E-state index contributed by atoms with van der Waals surface area (Å²) in [7, 11) is 0. The topological polar surface area (TPSA) is 46.2 Å². The van der Waals surface area contributed by atoms with E-state index < -0.39 is 0 Å². The maximum absolute atomic E-state index is 11.3. The van der Waals surface area contributed by atoms with E-state index in [1.807, 2.05) is 0 Å². The molecular formula is C7H5Br2NO2S. The van der Waals surface area contributed by atoms with Gasteiger partial charge in [0.15, 0.2) is 0 Å². The Morgan fingerprint density at radius 1 is 1.46 bits per heavy atom. The quantitative estimate of drug-likeness (QED) is 0.862. The van der Waals surface area contributed by atoms with Gasteiger partial charge >= 0.3 is 0 Å². The molecule has 0 aromatic carbocycles. The van der Waals surface area contributed by atoms with Gasteiger partial charge in [-0.05, 0) is 37.9 Å². The molecule has 0 bridgehead atoms. The van der Waals surface area contributed by atoms with Gasteiger partial charge in [-0.2, -0.15) is 0 Å². The number of thiophene rings is 1. The molecule has 1 heterocycles. The number of imide groups is 1. The molecule has 70 valence electrons. The zero-order chi connectivity index (χ0) is 10.0. The van der Waals surface area contributed by atoms with Crippen molar-refractivity contribution in [1.29, 1.82) is 0 Å². The summed E-state index contributed by atoms with van der Waals surface area (Å²) in [6, 6.07) is 1.66. The van der Waals surface area contributed by atoms with Crippen LogP contribution in [0, 0.1) is 0 Å². The first-order valence-electron chi connectivity index (χ1n) is 3.27. The van der Waals surface area contributed by atoms with Gasteiger partial charge in [0.05, 0.1) is 13.1 Å². The van der Waals surface area contributed by atoms with Crippen LogP contribution in [0.4, 0.5) is 0 Å². The van der Waals surface area contributed by atoms with E-state index in [2.05, 4.69) is 37.2 Å². The lowest BCUT2D eigenvalue weighted by atomic mass is 10.3. The molecule has 0 aliphatic rings. The van der Waals surface area contributed by atoms with Gasteiger partial charge in [-0.1, -0.05) is 0 Å². The second-order valence-corrected chi connectivity index (χ2v) is 6.00. The monoisotopic (exact) mass is 325 g/mol. The van der Waals surface area contributed by atoms with Crippen molar-refractivity contribution in [3.05, 3.63) is 19.2 Å². The first kappa shape index (κ1) is 10.9. The van der Waals surface area contributed by atoms with E-state index in [-0.39, 0.29) is 11.8 Å². The van der Waals surface area contributed by atoms with Crippen LogP contribution in [-0.4, -0.2) is 11.8 Å². The minimum atomic E-state index is -0.388. The first-order valence-corrected chi connectivity index (χ1v) is 5.67. The lowest BCUT2D eigenvalue weighted by Crippen LogP contribution is -2.27. The number of hydrogen-bond donors (Lipinski definition) is 1. The zero-order valence-electron chi connectivity index (χ0n) is 6.56. The van der Waals surface area contributed by atoms with E-state index in [9.17, 15) is 9.59 Å². The van der Waals surface area contributed by atoms with E-state index in [0.29, 0.717) is 9.35 Å². The number of halogens is 2. The van der Waals surface area contributed by atoms with Gasteiger partial charge in [0.2, 0.25) is 5.91 Å². The summed E-state index contributed by atoms with van der Waals surface area (Å²) in [5.41, 5.74) is 0.465. The maximum Gasteiger partial charge on any atom is 0.259 e. The van der Waals surface area contributed by atoms with Crippen LogP contribution in [0.25, 0.3) is 0 Å². The Balaban J connectivity index is 2.88. The standard InChI is InChI=1S/C7H5Br2NO2S/c1-3(11)10-7(12)4-2-5(8)13-6(4)9/h2H,1H3,(H,10,11,12). The van der Waals surface area contributed by atoms with Crippen molar-refractivity contribution in [2.75, 3.05) is 0 Å². The van der Waals surface area contributed by atoms with Crippen molar-refractivity contribution in [3.63, 3.8) is 0 Å². The Bertz CT molecular complexity index is 361.